The number of thiophene rings is 1. The number of aryl methyl sites for hydroxylation is 2. The quantitative estimate of drug-likeness (QED) is 0.231. The van der Waals surface area contributed by atoms with Gasteiger partial charge in [-0.1, -0.05) is 69.5 Å². The molecular formula is C31H33N3O2S. The number of nitrogens with one attached hydrogen (secondary N) is 1. The Morgan fingerprint density at radius 2 is 1.62 bits per heavy atom. The first-order valence-corrected chi connectivity index (χ1v) is 13.3. The van der Waals surface area contributed by atoms with E-state index in [9.17, 15) is 10.1 Å². The summed E-state index contributed by atoms with van der Waals surface area (Å²) in [5.41, 5.74) is 10.1. The van der Waals surface area contributed by atoms with Crippen LogP contribution < -0.4 is 15.8 Å². The fourth-order valence-electron chi connectivity index (χ4n) is 3.51. The van der Waals surface area contributed by atoms with Crippen LogP contribution in [0, 0.1) is 18.3 Å². The van der Waals surface area contributed by atoms with Crippen LogP contribution >= 0.6 is 11.3 Å². The number of para-hydroxylation sites is 1. The van der Waals surface area contributed by atoms with Crippen molar-refractivity contribution in [2.45, 2.75) is 47.0 Å². The number of hydrogen-bond acceptors (Lipinski definition) is 6. The first kappa shape index (κ1) is 27.5. The highest BCUT2D eigenvalue weighted by Crippen LogP contribution is 2.39. The molecule has 0 unspecified atom stereocenters. The van der Waals surface area contributed by atoms with Gasteiger partial charge >= 0.3 is 0 Å². The SMILES string of the molecule is CCCC.CCc1ccc(C)cc1C(=O)c1sc(Nc2ccc(Oc3ccccc3)cc2)c(C#N)c1N. The van der Waals surface area contributed by atoms with Crippen LogP contribution in [0.15, 0.2) is 72.8 Å². The van der Waals surface area contributed by atoms with Crippen LogP contribution in [0.2, 0.25) is 0 Å². The molecule has 1 heterocycles. The Morgan fingerprint density at radius 3 is 2.22 bits per heavy atom. The normalized spacial score (nSPS) is 10.1. The molecule has 0 aliphatic carbocycles. The van der Waals surface area contributed by atoms with E-state index in [4.69, 9.17) is 10.5 Å². The van der Waals surface area contributed by atoms with Crippen LogP contribution in [0.5, 0.6) is 11.5 Å². The molecule has 3 N–H and O–H groups in total. The lowest BCUT2D eigenvalue weighted by molar-refractivity contribution is 0.104. The third-order valence-electron chi connectivity index (χ3n) is 5.75. The lowest BCUT2D eigenvalue weighted by atomic mass is 9.98. The number of ether oxygens (including phenoxy) is 1. The van der Waals surface area contributed by atoms with E-state index in [0.29, 0.717) is 21.2 Å². The molecule has 37 heavy (non-hydrogen) atoms. The predicted molar refractivity (Wildman–Crippen MR) is 154 cm³/mol. The van der Waals surface area contributed by atoms with E-state index in [1.807, 2.05) is 86.6 Å². The molecule has 0 fully saturated rings. The number of nitrogen functional groups attached to an aromatic ring is 1. The Morgan fingerprint density at radius 1 is 0.973 bits per heavy atom. The maximum absolute atomic E-state index is 13.3. The van der Waals surface area contributed by atoms with E-state index < -0.39 is 0 Å². The Kier molecular flexibility index (Phi) is 9.88. The number of nitrogens with zero attached hydrogens (tertiary/aromatic N) is 1. The van der Waals surface area contributed by atoms with Crippen molar-refractivity contribution in [3.05, 3.63) is 99.9 Å². The van der Waals surface area contributed by atoms with Gasteiger partial charge in [-0.15, -0.1) is 11.3 Å². The van der Waals surface area contributed by atoms with E-state index in [1.54, 1.807) is 0 Å². The molecule has 4 aromatic rings. The van der Waals surface area contributed by atoms with Crippen molar-refractivity contribution in [1.29, 1.82) is 5.26 Å². The van der Waals surface area contributed by atoms with Crippen molar-refractivity contribution in [3.63, 3.8) is 0 Å². The van der Waals surface area contributed by atoms with E-state index in [2.05, 4.69) is 25.2 Å². The van der Waals surface area contributed by atoms with Gasteiger partial charge in [0.15, 0.2) is 0 Å². The molecule has 190 valence electrons. The molecule has 0 saturated heterocycles. The summed E-state index contributed by atoms with van der Waals surface area (Å²) in [7, 11) is 0. The summed E-state index contributed by atoms with van der Waals surface area (Å²) in [5, 5.41) is 13.5. The van der Waals surface area contributed by atoms with Gasteiger partial charge in [0, 0.05) is 11.3 Å². The molecule has 0 aliphatic rings. The maximum atomic E-state index is 13.3. The Balaban J connectivity index is 0.000000886. The second-order valence-electron chi connectivity index (χ2n) is 8.57. The number of nitriles is 1. The second kappa shape index (κ2) is 13.3. The van der Waals surface area contributed by atoms with Crippen LogP contribution in [-0.2, 0) is 6.42 Å². The number of ketones is 1. The third-order valence-corrected chi connectivity index (χ3v) is 6.86. The zero-order valence-corrected chi connectivity index (χ0v) is 22.6. The molecule has 0 radical (unpaired) electrons. The molecular weight excluding hydrogens is 478 g/mol. The summed E-state index contributed by atoms with van der Waals surface area (Å²) in [5.74, 6) is 1.29. The topological polar surface area (TPSA) is 88.1 Å². The van der Waals surface area contributed by atoms with Gasteiger partial charge in [-0.05, 0) is 61.4 Å². The Labute approximate surface area is 223 Å². The molecule has 4 rings (SSSR count). The first-order valence-electron chi connectivity index (χ1n) is 12.5. The Bertz CT molecular complexity index is 1370. The summed E-state index contributed by atoms with van der Waals surface area (Å²) in [4.78, 5) is 13.7. The van der Waals surface area contributed by atoms with Crippen molar-refractivity contribution in [3.8, 4) is 17.6 Å². The monoisotopic (exact) mass is 511 g/mol. The molecule has 1 aromatic heterocycles. The van der Waals surface area contributed by atoms with E-state index in [-0.39, 0.29) is 17.0 Å². The smallest absolute Gasteiger partial charge is 0.205 e. The van der Waals surface area contributed by atoms with Crippen LogP contribution in [-0.4, -0.2) is 5.78 Å². The van der Waals surface area contributed by atoms with Crippen LogP contribution in [0.1, 0.15) is 65.5 Å². The van der Waals surface area contributed by atoms with E-state index >= 15 is 0 Å². The number of anilines is 3. The minimum absolute atomic E-state index is 0.158. The highest BCUT2D eigenvalue weighted by atomic mass is 32.1. The summed E-state index contributed by atoms with van der Waals surface area (Å²) in [6.07, 6.45) is 3.38. The third kappa shape index (κ3) is 6.99. The minimum atomic E-state index is -0.158. The number of rotatable bonds is 8. The van der Waals surface area contributed by atoms with Crippen molar-refractivity contribution < 1.29 is 9.53 Å². The summed E-state index contributed by atoms with van der Waals surface area (Å²) in [6.45, 7) is 8.32. The van der Waals surface area contributed by atoms with E-state index in [1.165, 1.54) is 24.2 Å². The summed E-state index contributed by atoms with van der Waals surface area (Å²) >= 11 is 1.20. The van der Waals surface area contributed by atoms with Crippen LogP contribution in [0.4, 0.5) is 16.4 Å². The zero-order valence-electron chi connectivity index (χ0n) is 21.8. The molecule has 0 bridgehead atoms. The summed E-state index contributed by atoms with van der Waals surface area (Å²) in [6, 6.07) is 24.9. The Hall–Kier alpha value is -4.08. The lowest BCUT2D eigenvalue weighted by Gasteiger charge is -2.08. The molecule has 0 saturated carbocycles. The standard InChI is InChI=1S/C27H23N3O2S.C4H10/c1-3-18-10-9-17(2)15-22(18)25(31)26-24(29)23(16-28)27(33-26)30-19-11-13-21(14-12-19)32-20-7-5-4-6-8-20;1-3-4-2/h4-15,30H,3,29H2,1-2H3;3-4H2,1-2H3. The number of unbranched alkanes of at least 4 members (excludes halogenated alkanes) is 1. The second-order valence-corrected chi connectivity index (χ2v) is 9.59. The molecule has 0 spiro atoms. The lowest BCUT2D eigenvalue weighted by Crippen LogP contribution is -2.06. The number of hydrogen-bond donors (Lipinski definition) is 2. The van der Waals surface area contributed by atoms with Crippen LogP contribution in [0.3, 0.4) is 0 Å². The molecule has 6 heteroatoms. The average molecular weight is 512 g/mol. The number of carbonyl (C=O) groups is 1. The van der Waals surface area contributed by atoms with E-state index in [0.717, 1.165) is 29.0 Å². The first-order chi connectivity index (χ1) is 17.9. The van der Waals surface area contributed by atoms with Gasteiger partial charge in [-0.2, -0.15) is 5.26 Å². The number of nitrogens with two attached hydrogens (primary N) is 1. The highest BCUT2D eigenvalue weighted by Gasteiger charge is 2.24. The fraction of sp³-hybridized carbons (Fsp3) is 0.226. The van der Waals surface area contributed by atoms with Crippen molar-refractivity contribution in [2.75, 3.05) is 11.1 Å². The van der Waals surface area contributed by atoms with Gasteiger partial charge in [0.2, 0.25) is 5.78 Å². The minimum Gasteiger partial charge on any atom is -0.457 e. The van der Waals surface area contributed by atoms with Gasteiger partial charge in [0.25, 0.3) is 0 Å². The van der Waals surface area contributed by atoms with Gasteiger partial charge in [-0.25, -0.2) is 0 Å². The van der Waals surface area contributed by atoms with Gasteiger partial charge < -0.3 is 15.8 Å². The largest absolute Gasteiger partial charge is 0.457 e. The number of carbonyl (C=O) groups excluding carboxylic acids is 1. The molecule has 0 aliphatic heterocycles. The average Bonchev–Trinajstić information content (AvgIpc) is 3.24. The van der Waals surface area contributed by atoms with Crippen molar-refractivity contribution in [2.24, 2.45) is 0 Å². The summed E-state index contributed by atoms with van der Waals surface area (Å²) < 4.78 is 5.82. The van der Waals surface area contributed by atoms with Gasteiger partial charge in [0.1, 0.15) is 33.0 Å². The predicted octanol–water partition coefficient (Wildman–Crippen LogP) is 8.65. The van der Waals surface area contributed by atoms with Crippen molar-refractivity contribution in [1.82, 2.24) is 0 Å². The zero-order chi connectivity index (χ0) is 26.8. The highest BCUT2D eigenvalue weighted by molar-refractivity contribution is 7.19. The maximum Gasteiger partial charge on any atom is 0.205 e. The van der Waals surface area contributed by atoms with Gasteiger partial charge in [-0.3, -0.25) is 4.79 Å². The fourth-order valence-corrected chi connectivity index (χ4v) is 4.55. The molecule has 5 nitrogen and oxygen atoms in total. The molecule has 0 amide bonds. The van der Waals surface area contributed by atoms with Crippen LogP contribution in [0.25, 0.3) is 0 Å². The van der Waals surface area contributed by atoms with Crippen molar-refractivity contribution >= 4 is 33.5 Å². The number of benzene rings is 3. The molecule has 0 atom stereocenters. The molecule has 3 aromatic carbocycles. The van der Waals surface area contributed by atoms with Gasteiger partial charge in [0.05, 0.1) is 5.69 Å².